The normalized spacial score (nSPS) is 10.2. The molecule has 2 aromatic rings. The monoisotopic (exact) mass is 354 g/mol. The summed E-state index contributed by atoms with van der Waals surface area (Å²) in [7, 11) is 0. The number of amides is 1. The molecule has 2 rings (SSSR count). The maximum absolute atomic E-state index is 11.8. The number of aromatic nitrogens is 1. The zero-order valence-electron chi connectivity index (χ0n) is 12.0. The average molecular weight is 355 g/mol. The fourth-order valence-electron chi connectivity index (χ4n) is 1.63. The van der Waals surface area contributed by atoms with Crippen LogP contribution in [-0.2, 0) is 9.53 Å². The number of nitrogens with zero attached hydrogens (tertiary/aromatic N) is 1. The van der Waals surface area contributed by atoms with Crippen molar-refractivity contribution < 1.29 is 19.4 Å². The van der Waals surface area contributed by atoms with Crippen molar-refractivity contribution in [3.63, 3.8) is 0 Å². The first-order valence-corrected chi connectivity index (χ1v) is 7.21. The van der Waals surface area contributed by atoms with E-state index in [0.29, 0.717) is 10.7 Å². The Kier molecular flexibility index (Phi) is 5.41. The molecule has 0 aliphatic rings. The van der Waals surface area contributed by atoms with Crippen LogP contribution in [0.3, 0.4) is 0 Å². The van der Waals surface area contributed by atoms with Crippen LogP contribution in [0.5, 0.6) is 5.75 Å². The number of halogens is 2. The molecule has 8 heteroatoms. The molecular formula is C15H12Cl2N2O4. The minimum Gasteiger partial charge on any atom is -0.508 e. The number of phenols is 1. The van der Waals surface area contributed by atoms with Gasteiger partial charge in [0.25, 0.3) is 5.91 Å². The number of aryl methyl sites for hydroxylation is 1. The summed E-state index contributed by atoms with van der Waals surface area (Å²) in [6, 6.07) is 6.92. The Bertz CT molecular complexity index is 748. The Labute approximate surface area is 142 Å². The lowest BCUT2D eigenvalue weighted by Gasteiger charge is -2.09. The number of ether oxygens (including phenoxy) is 1. The lowest BCUT2D eigenvalue weighted by molar-refractivity contribution is -0.119. The zero-order chi connectivity index (χ0) is 17.0. The van der Waals surface area contributed by atoms with Crippen LogP contribution in [0.4, 0.5) is 5.82 Å². The number of rotatable bonds is 4. The van der Waals surface area contributed by atoms with Gasteiger partial charge in [0.05, 0.1) is 21.3 Å². The highest BCUT2D eigenvalue weighted by atomic mass is 35.5. The second kappa shape index (κ2) is 7.30. The molecule has 0 atom stereocenters. The number of benzene rings is 1. The quantitative estimate of drug-likeness (QED) is 0.823. The first-order chi connectivity index (χ1) is 10.9. The van der Waals surface area contributed by atoms with Crippen LogP contribution < -0.4 is 5.32 Å². The first kappa shape index (κ1) is 17.1. The number of hydrogen-bond donors (Lipinski definition) is 2. The average Bonchev–Trinajstić information content (AvgIpc) is 2.51. The standard InChI is InChI=1S/C15H12Cl2N2O4/c1-8-11(16)6-12(17)14(18-8)19-13(21)7-23-15(22)9-2-4-10(20)5-3-9/h2-6,20H,7H2,1H3,(H,18,19,21). The van der Waals surface area contributed by atoms with Gasteiger partial charge in [0, 0.05) is 0 Å². The molecule has 0 aliphatic heterocycles. The second-order valence-corrected chi connectivity index (χ2v) is 5.37. The van der Waals surface area contributed by atoms with E-state index in [1.165, 1.54) is 30.3 Å². The number of nitrogens with one attached hydrogen (secondary N) is 1. The van der Waals surface area contributed by atoms with Crippen LogP contribution in [0.25, 0.3) is 0 Å². The number of anilines is 1. The van der Waals surface area contributed by atoms with Gasteiger partial charge in [-0.05, 0) is 37.3 Å². The van der Waals surface area contributed by atoms with Crippen LogP contribution in [0, 0.1) is 6.92 Å². The topological polar surface area (TPSA) is 88.5 Å². The van der Waals surface area contributed by atoms with Crippen LogP contribution >= 0.6 is 23.2 Å². The maximum atomic E-state index is 11.8. The molecule has 0 radical (unpaired) electrons. The molecule has 0 unspecified atom stereocenters. The van der Waals surface area contributed by atoms with Gasteiger partial charge in [0.2, 0.25) is 0 Å². The largest absolute Gasteiger partial charge is 0.508 e. The molecule has 0 saturated carbocycles. The fraction of sp³-hybridized carbons (Fsp3) is 0.133. The molecule has 6 nitrogen and oxygen atoms in total. The van der Waals surface area contributed by atoms with E-state index in [1.54, 1.807) is 6.92 Å². The van der Waals surface area contributed by atoms with Gasteiger partial charge < -0.3 is 15.2 Å². The van der Waals surface area contributed by atoms with Crippen molar-refractivity contribution in [1.82, 2.24) is 4.98 Å². The van der Waals surface area contributed by atoms with Crippen molar-refractivity contribution in [3.8, 4) is 5.75 Å². The van der Waals surface area contributed by atoms with Gasteiger partial charge in [-0.25, -0.2) is 9.78 Å². The molecule has 1 heterocycles. The SMILES string of the molecule is Cc1nc(NC(=O)COC(=O)c2ccc(O)cc2)c(Cl)cc1Cl. The van der Waals surface area contributed by atoms with Gasteiger partial charge in [-0.1, -0.05) is 23.2 Å². The minimum atomic E-state index is -0.688. The lowest BCUT2D eigenvalue weighted by atomic mass is 10.2. The van der Waals surface area contributed by atoms with Crippen molar-refractivity contribution >= 4 is 40.9 Å². The Hall–Kier alpha value is -2.31. The third-order valence-corrected chi connectivity index (χ3v) is 3.47. The van der Waals surface area contributed by atoms with Gasteiger partial charge in [-0.15, -0.1) is 0 Å². The predicted molar refractivity (Wildman–Crippen MR) is 86.0 cm³/mol. The summed E-state index contributed by atoms with van der Waals surface area (Å²) < 4.78 is 4.87. The highest BCUT2D eigenvalue weighted by Crippen LogP contribution is 2.25. The molecule has 1 aromatic heterocycles. The van der Waals surface area contributed by atoms with Crippen molar-refractivity contribution in [3.05, 3.63) is 51.6 Å². The first-order valence-electron chi connectivity index (χ1n) is 6.45. The summed E-state index contributed by atoms with van der Waals surface area (Å²) in [5, 5.41) is 12.1. The summed E-state index contributed by atoms with van der Waals surface area (Å²) in [4.78, 5) is 27.6. The van der Waals surface area contributed by atoms with Crippen LogP contribution in [0.2, 0.25) is 10.0 Å². The van der Waals surface area contributed by atoms with Gasteiger partial charge in [-0.3, -0.25) is 4.79 Å². The third kappa shape index (κ3) is 4.58. The van der Waals surface area contributed by atoms with E-state index in [2.05, 4.69) is 10.3 Å². The molecule has 2 N–H and O–H groups in total. The highest BCUT2D eigenvalue weighted by Gasteiger charge is 2.13. The lowest BCUT2D eigenvalue weighted by Crippen LogP contribution is -2.21. The van der Waals surface area contributed by atoms with E-state index in [-0.39, 0.29) is 22.2 Å². The summed E-state index contributed by atoms with van der Waals surface area (Å²) in [5.74, 6) is -1.11. The van der Waals surface area contributed by atoms with Gasteiger partial charge in [0.1, 0.15) is 5.75 Å². The minimum absolute atomic E-state index is 0.0260. The zero-order valence-corrected chi connectivity index (χ0v) is 13.5. The molecule has 0 bridgehead atoms. The van der Waals surface area contributed by atoms with Gasteiger partial charge in [0.15, 0.2) is 12.4 Å². The summed E-state index contributed by atoms with van der Waals surface area (Å²) in [6.45, 7) is 1.17. The number of phenolic OH excluding ortho intramolecular Hbond substituents is 1. The molecule has 120 valence electrons. The number of esters is 1. The molecule has 0 fully saturated rings. The molecular weight excluding hydrogens is 343 g/mol. The molecule has 0 spiro atoms. The van der Waals surface area contributed by atoms with Gasteiger partial charge in [-0.2, -0.15) is 0 Å². The molecule has 1 aromatic carbocycles. The molecule has 1 amide bonds. The number of hydrogen-bond acceptors (Lipinski definition) is 5. The van der Waals surface area contributed by atoms with Crippen LogP contribution in [0.1, 0.15) is 16.1 Å². The smallest absolute Gasteiger partial charge is 0.338 e. The number of carbonyl (C=O) groups is 2. The van der Waals surface area contributed by atoms with E-state index < -0.39 is 18.5 Å². The number of pyridine rings is 1. The number of carbonyl (C=O) groups excluding carboxylic acids is 2. The molecule has 23 heavy (non-hydrogen) atoms. The van der Waals surface area contributed by atoms with E-state index in [0.717, 1.165) is 0 Å². The summed E-state index contributed by atoms with van der Waals surface area (Å²) in [5.41, 5.74) is 0.724. The second-order valence-electron chi connectivity index (χ2n) is 4.56. The van der Waals surface area contributed by atoms with Crippen molar-refractivity contribution in [1.29, 1.82) is 0 Å². The predicted octanol–water partition coefficient (Wildman–Crippen LogP) is 3.20. The van der Waals surface area contributed by atoms with Crippen molar-refractivity contribution in [2.45, 2.75) is 6.92 Å². The van der Waals surface area contributed by atoms with Gasteiger partial charge >= 0.3 is 5.97 Å². The Morgan fingerprint density at radius 3 is 2.52 bits per heavy atom. The molecule has 0 saturated heterocycles. The Morgan fingerprint density at radius 2 is 1.87 bits per heavy atom. The van der Waals surface area contributed by atoms with Crippen molar-refractivity contribution in [2.24, 2.45) is 0 Å². The van der Waals surface area contributed by atoms with E-state index in [1.807, 2.05) is 0 Å². The van der Waals surface area contributed by atoms with E-state index >= 15 is 0 Å². The summed E-state index contributed by atoms with van der Waals surface area (Å²) in [6.07, 6.45) is 0. The highest BCUT2D eigenvalue weighted by molar-refractivity contribution is 6.36. The number of aromatic hydroxyl groups is 1. The van der Waals surface area contributed by atoms with Crippen LogP contribution in [-0.4, -0.2) is 28.6 Å². The fourth-order valence-corrected chi connectivity index (χ4v) is 2.03. The third-order valence-electron chi connectivity index (χ3n) is 2.80. The maximum Gasteiger partial charge on any atom is 0.338 e. The molecule has 0 aliphatic carbocycles. The van der Waals surface area contributed by atoms with Crippen LogP contribution in [0.15, 0.2) is 30.3 Å². The van der Waals surface area contributed by atoms with E-state index in [4.69, 9.17) is 33.0 Å². The van der Waals surface area contributed by atoms with Crippen molar-refractivity contribution in [2.75, 3.05) is 11.9 Å². The Morgan fingerprint density at radius 1 is 1.22 bits per heavy atom. The summed E-state index contributed by atoms with van der Waals surface area (Å²) >= 11 is 11.8. The van der Waals surface area contributed by atoms with E-state index in [9.17, 15) is 9.59 Å². The Balaban J connectivity index is 1.94.